The van der Waals surface area contributed by atoms with Gasteiger partial charge in [0.05, 0.1) is 17.6 Å². The number of hydrogen-bond acceptors (Lipinski definition) is 4. The van der Waals surface area contributed by atoms with Crippen molar-refractivity contribution in [2.45, 2.75) is 32.9 Å². The molecule has 0 amide bonds. The van der Waals surface area contributed by atoms with Crippen LogP contribution in [0.5, 0.6) is 0 Å². The third-order valence-corrected chi connectivity index (χ3v) is 2.58. The third kappa shape index (κ3) is 2.50. The van der Waals surface area contributed by atoms with Crippen molar-refractivity contribution in [3.8, 4) is 0 Å². The molecule has 5 nitrogen and oxygen atoms in total. The molecule has 0 aliphatic rings. The minimum atomic E-state index is -0.767. The Labute approximate surface area is 100 Å². The van der Waals surface area contributed by atoms with E-state index in [2.05, 4.69) is 22.2 Å². The Bertz CT molecular complexity index is 478. The highest BCUT2D eigenvalue weighted by Crippen LogP contribution is 2.19. The summed E-state index contributed by atoms with van der Waals surface area (Å²) in [4.78, 5) is 4.22. The second-order valence-electron chi connectivity index (χ2n) is 4.04. The van der Waals surface area contributed by atoms with E-state index in [0.29, 0.717) is 11.4 Å². The van der Waals surface area contributed by atoms with Crippen molar-refractivity contribution in [2.75, 3.05) is 0 Å². The van der Waals surface area contributed by atoms with Gasteiger partial charge in [-0.1, -0.05) is 18.2 Å². The lowest BCUT2D eigenvalue weighted by atomic mass is 10.1. The smallest absolute Gasteiger partial charge is 0.139 e. The van der Waals surface area contributed by atoms with Gasteiger partial charge in [0.2, 0.25) is 0 Å². The van der Waals surface area contributed by atoms with Gasteiger partial charge in [-0.25, -0.2) is 4.68 Å². The Balaban J connectivity index is 2.26. The number of aliphatic hydroxyl groups excluding tert-OH is 1. The SMILES string of the molecule is CCCn1nncc1C(O)c1ccc(C)cn1. The second-order valence-corrected chi connectivity index (χ2v) is 4.04. The first kappa shape index (κ1) is 11.7. The molecule has 0 aromatic carbocycles. The van der Waals surface area contributed by atoms with Crippen LogP contribution in [0.4, 0.5) is 0 Å². The summed E-state index contributed by atoms with van der Waals surface area (Å²) in [6.45, 7) is 4.77. The molecule has 0 aliphatic heterocycles. The van der Waals surface area contributed by atoms with Crippen LogP contribution in [0.1, 0.15) is 36.4 Å². The number of aryl methyl sites for hydroxylation is 2. The Morgan fingerprint density at radius 3 is 2.82 bits per heavy atom. The molecule has 1 unspecified atom stereocenters. The fourth-order valence-corrected chi connectivity index (χ4v) is 1.66. The maximum atomic E-state index is 10.2. The highest BCUT2D eigenvalue weighted by Gasteiger charge is 2.16. The lowest BCUT2D eigenvalue weighted by Gasteiger charge is -2.11. The summed E-state index contributed by atoms with van der Waals surface area (Å²) in [7, 11) is 0. The van der Waals surface area contributed by atoms with E-state index in [0.717, 1.165) is 18.5 Å². The fourth-order valence-electron chi connectivity index (χ4n) is 1.66. The molecule has 2 rings (SSSR count). The minimum Gasteiger partial charge on any atom is -0.380 e. The van der Waals surface area contributed by atoms with E-state index in [1.807, 2.05) is 19.1 Å². The van der Waals surface area contributed by atoms with E-state index in [9.17, 15) is 5.11 Å². The number of aromatic nitrogens is 4. The normalized spacial score (nSPS) is 12.6. The molecule has 2 aromatic rings. The average molecular weight is 232 g/mol. The van der Waals surface area contributed by atoms with Gasteiger partial charge < -0.3 is 5.11 Å². The molecular formula is C12H16N4O. The molecule has 0 saturated heterocycles. The standard InChI is InChI=1S/C12H16N4O/c1-3-6-16-11(8-14-15-16)12(17)10-5-4-9(2)7-13-10/h4-5,7-8,12,17H,3,6H2,1-2H3. The summed E-state index contributed by atoms with van der Waals surface area (Å²) in [5.41, 5.74) is 2.37. The minimum absolute atomic E-state index is 0.621. The van der Waals surface area contributed by atoms with E-state index in [-0.39, 0.29) is 0 Å². The molecule has 17 heavy (non-hydrogen) atoms. The van der Waals surface area contributed by atoms with Gasteiger partial charge >= 0.3 is 0 Å². The molecule has 5 heteroatoms. The van der Waals surface area contributed by atoms with Crippen molar-refractivity contribution in [1.82, 2.24) is 20.0 Å². The largest absolute Gasteiger partial charge is 0.380 e. The van der Waals surface area contributed by atoms with Gasteiger partial charge in [-0.3, -0.25) is 4.98 Å². The van der Waals surface area contributed by atoms with E-state index < -0.39 is 6.10 Å². The highest BCUT2D eigenvalue weighted by molar-refractivity contribution is 5.20. The first-order valence-corrected chi connectivity index (χ1v) is 5.71. The van der Waals surface area contributed by atoms with Crippen molar-refractivity contribution in [2.24, 2.45) is 0 Å². The molecular weight excluding hydrogens is 216 g/mol. The molecule has 0 aliphatic carbocycles. The first-order valence-electron chi connectivity index (χ1n) is 5.71. The molecule has 1 atom stereocenters. The fraction of sp³-hybridized carbons (Fsp3) is 0.417. The van der Waals surface area contributed by atoms with Crippen LogP contribution >= 0.6 is 0 Å². The van der Waals surface area contributed by atoms with Gasteiger partial charge in [0.1, 0.15) is 6.10 Å². The molecule has 2 aromatic heterocycles. The predicted molar refractivity (Wildman–Crippen MR) is 63.3 cm³/mol. The molecule has 0 bridgehead atoms. The lowest BCUT2D eigenvalue weighted by Crippen LogP contribution is -2.11. The van der Waals surface area contributed by atoms with E-state index in [4.69, 9.17) is 0 Å². The summed E-state index contributed by atoms with van der Waals surface area (Å²) < 4.78 is 1.71. The van der Waals surface area contributed by atoms with Crippen molar-refractivity contribution in [1.29, 1.82) is 0 Å². The second kappa shape index (κ2) is 5.05. The van der Waals surface area contributed by atoms with Crippen LogP contribution < -0.4 is 0 Å². The molecule has 0 spiro atoms. The van der Waals surface area contributed by atoms with Crippen molar-refractivity contribution in [3.05, 3.63) is 41.5 Å². The monoisotopic (exact) mass is 232 g/mol. The van der Waals surface area contributed by atoms with Gasteiger partial charge in [-0.15, -0.1) is 5.10 Å². The van der Waals surface area contributed by atoms with Crippen LogP contribution in [-0.2, 0) is 6.54 Å². The summed E-state index contributed by atoms with van der Waals surface area (Å²) in [6, 6.07) is 3.75. The maximum Gasteiger partial charge on any atom is 0.139 e. The molecule has 1 N–H and O–H groups in total. The number of aliphatic hydroxyl groups is 1. The zero-order chi connectivity index (χ0) is 12.3. The lowest BCUT2D eigenvalue weighted by molar-refractivity contribution is 0.202. The summed E-state index contributed by atoms with van der Waals surface area (Å²) in [5.74, 6) is 0. The van der Waals surface area contributed by atoms with Crippen LogP contribution in [0, 0.1) is 6.92 Å². The Morgan fingerprint density at radius 1 is 1.35 bits per heavy atom. The van der Waals surface area contributed by atoms with E-state index >= 15 is 0 Å². The average Bonchev–Trinajstić information content (AvgIpc) is 2.78. The van der Waals surface area contributed by atoms with Crippen LogP contribution in [-0.4, -0.2) is 25.1 Å². The number of nitrogens with zero attached hydrogens (tertiary/aromatic N) is 4. The van der Waals surface area contributed by atoms with Gasteiger partial charge in [0.25, 0.3) is 0 Å². The molecule has 0 saturated carbocycles. The zero-order valence-corrected chi connectivity index (χ0v) is 10.0. The highest BCUT2D eigenvalue weighted by atomic mass is 16.3. The molecule has 90 valence electrons. The molecule has 0 fully saturated rings. The van der Waals surface area contributed by atoms with Crippen LogP contribution in [0.3, 0.4) is 0 Å². The quantitative estimate of drug-likeness (QED) is 0.867. The molecule has 0 radical (unpaired) electrons. The Morgan fingerprint density at radius 2 is 2.18 bits per heavy atom. The third-order valence-electron chi connectivity index (χ3n) is 2.58. The number of hydrogen-bond donors (Lipinski definition) is 1. The maximum absolute atomic E-state index is 10.2. The van der Waals surface area contributed by atoms with Gasteiger partial charge in [-0.05, 0) is 25.0 Å². The Kier molecular flexibility index (Phi) is 3.49. The summed E-state index contributed by atoms with van der Waals surface area (Å²) in [6.07, 6.45) is 3.51. The van der Waals surface area contributed by atoms with Gasteiger partial charge in [0, 0.05) is 12.7 Å². The number of pyridine rings is 1. The van der Waals surface area contributed by atoms with Crippen molar-refractivity contribution >= 4 is 0 Å². The number of rotatable bonds is 4. The van der Waals surface area contributed by atoms with Gasteiger partial charge in [-0.2, -0.15) is 0 Å². The van der Waals surface area contributed by atoms with Crippen LogP contribution in [0.2, 0.25) is 0 Å². The van der Waals surface area contributed by atoms with E-state index in [1.54, 1.807) is 17.1 Å². The van der Waals surface area contributed by atoms with Gasteiger partial charge in [0.15, 0.2) is 0 Å². The first-order chi connectivity index (χ1) is 8.22. The van der Waals surface area contributed by atoms with Crippen LogP contribution in [0.15, 0.2) is 24.5 Å². The van der Waals surface area contributed by atoms with Crippen molar-refractivity contribution < 1.29 is 5.11 Å². The van der Waals surface area contributed by atoms with Crippen molar-refractivity contribution in [3.63, 3.8) is 0 Å². The summed E-state index contributed by atoms with van der Waals surface area (Å²) in [5, 5.41) is 18.0. The zero-order valence-electron chi connectivity index (χ0n) is 10.0. The van der Waals surface area contributed by atoms with Crippen LogP contribution in [0.25, 0.3) is 0 Å². The Hall–Kier alpha value is -1.75. The summed E-state index contributed by atoms with van der Waals surface area (Å²) >= 11 is 0. The molecule has 2 heterocycles. The predicted octanol–water partition coefficient (Wildman–Crippen LogP) is 1.47. The topological polar surface area (TPSA) is 63.8 Å². The van der Waals surface area contributed by atoms with E-state index in [1.165, 1.54) is 0 Å².